The number of nitriles is 1. The molecule has 0 amide bonds. The maximum Gasteiger partial charge on any atom is 0.161 e. The van der Waals surface area contributed by atoms with Gasteiger partial charge < -0.3 is 4.90 Å². The second-order valence-corrected chi connectivity index (χ2v) is 5.40. The third kappa shape index (κ3) is 3.44. The van der Waals surface area contributed by atoms with Crippen LogP contribution in [0.25, 0.3) is 0 Å². The van der Waals surface area contributed by atoms with Crippen molar-refractivity contribution in [3.63, 3.8) is 0 Å². The molecule has 5 heteroatoms. The fourth-order valence-corrected chi connectivity index (χ4v) is 2.43. The van der Waals surface area contributed by atoms with E-state index in [4.69, 9.17) is 16.9 Å². The predicted molar refractivity (Wildman–Crippen MR) is 84.7 cm³/mol. The Morgan fingerprint density at radius 3 is 2.64 bits per heavy atom. The second-order valence-electron chi connectivity index (χ2n) is 4.99. The van der Waals surface area contributed by atoms with Gasteiger partial charge in [-0.15, -0.1) is 0 Å². The summed E-state index contributed by atoms with van der Waals surface area (Å²) in [5.41, 5.74) is 2.38. The lowest BCUT2D eigenvalue weighted by Crippen LogP contribution is -2.19. The largest absolute Gasteiger partial charge is 0.370 e. The zero-order chi connectivity index (χ0) is 16.3. The van der Waals surface area contributed by atoms with E-state index in [1.165, 1.54) is 19.1 Å². The van der Waals surface area contributed by atoms with Crippen LogP contribution >= 0.6 is 11.6 Å². The zero-order valence-corrected chi connectivity index (χ0v) is 13.0. The predicted octanol–water partition coefficient (Wildman–Crippen LogP) is 4.19. The lowest BCUT2D eigenvalue weighted by atomic mass is 10.0. The molecule has 0 aliphatic heterocycles. The second kappa shape index (κ2) is 6.59. The Morgan fingerprint density at radius 1 is 1.32 bits per heavy atom. The van der Waals surface area contributed by atoms with Crippen molar-refractivity contribution in [2.24, 2.45) is 0 Å². The normalized spacial score (nSPS) is 10.1. The summed E-state index contributed by atoms with van der Waals surface area (Å²) in [4.78, 5) is 13.6. The molecule has 3 nitrogen and oxygen atoms in total. The van der Waals surface area contributed by atoms with Gasteiger partial charge in [0.15, 0.2) is 5.78 Å². The lowest BCUT2D eigenvalue weighted by molar-refractivity contribution is 0.101. The Kier molecular flexibility index (Phi) is 4.79. The summed E-state index contributed by atoms with van der Waals surface area (Å²) >= 11 is 6.04. The van der Waals surface area contributed by atoms with Crippen LogP contribution in [0, 0.1) is 17.1 Å². The molecule has 2 aromatic carbocycles. The molecule has 112 valence electrons. The van der Waals surface area contributed by atoms with Gasteiger partial charge in [0.1, 0.15) is 5.82 Å². The molecule has 0 spiro atoms. The maximum absolute atomic E-state index is 13.1. The molecular weight excluding hydrogens is 303 g/mol. The Hall–Kier alpha value is -2.38. The van der Waals surface area contributed by atoms with Gasteiger partial charge in [-0.1, -0.05) is 17.7 Å². The first-order valence-electron chi connectivity index (χ1n) is 6.62. The van der Waals surface area contributed by atoms with E-state index in [2.05, 4.69) is 6.07 Å². The van der Waals surface area contributed by atoms with E-state index in [1.807, 2.05) is 4.90 Å². The van der Waals surface area contributed by atoms with Crippen LogP contribution in [-0.4, -0.2) is 12.8 Å². The topological polar surface area (TPSA) is 44.1 Å². The number of halogens is 2. The van der Waals surface area contributed by atoms with Gasteiger partial charge in [-0.25, -0.2) is 4.39 Å². The molecule has 0 bridgehead atoms. The zero-order valence-electron chi connectivity index (χ0n) is 12.2. The number of Topliss-reactive ketones (excluding diaryl/α,β-unsaturated/α-hetero) is 1. The Balaban J connectivity index is 2.38. The van der Waals surface area contributed by atoms with E-state index in [0.717, 1.165) is 5.56 Å². The fourth-order valence-electron chi connectivity index (χ4n) is 2.21. The molecule has 0 saturated heterocycles. The lowest BCUT2D eigenvalue weighted by Gasteiger charge is -2.22. The van der Waals surface area contributed by atoms with Crippen LogP contribution in [0.5, 0.6) is 0 Å². The summed E-state index contributed by atoms with van der Waals surface area (Å²) in [5.74, 6) is -0.483. The summed E-state index contributed by atoms with van der Waals surface area (Å²) in [7, 11) is 1.79. The molecule has 0 fully saturated rings. The Labute approximate surface area is 133 Å². The smallest absolute Gasteiger partial charge is 0.161 e. The molecule has 0 aliphatic rings. The highest BCUT2D eigenvalue weighted by atomic mass is 35.5. The molecule has 0 radical (unpaired) electrons. The molecule has 0 unspecified atom stereocenters. The number of hydrogen-bond donors (Lipinski definition) is 0. The van der Waals surface area contributed by atoms with Gasteiger partial charge in [-0.05, 0) is 42.8 Å². The first-order chi connectivity index (χ1) is 10.4. The summed E-state index contributed by atoms with van der Waals surface area (Å²) in [5, 5.41) is 9.35. The van der Waals surface area contributed by atoms with E-state index in [1.54, 1.807) is 31.3 Å². The molecule has 0 atom stereocenters. The van der Waals surface area contributed by atoms with E-state index in [0.29, 0.717) is 28.4 Å². The van der Waals surface area contributed by atoms with Gasteiger partial charge in [0, 0.05) is 29.9 Å². The van der Waals surface area contributed by atoms with Gasteiger partial charge in [0.05, 0.1) is 11.6 Å². The monoisotopic (exact) mass is 316 g/mol. The number of rotatable bonds is 4. The number of hydrogen-bond acceptors (Lipinski definition) is 3. The minimum atomic E-state index is -0.396. The van der Waals surface area contributed by atoms with Gasteiger partial charge >= 0.3 is 0 Å². The molecule has 0 heterocycles. The maximum atomic E-state index is 13.1. The average Bonchev–Trinajstić information content (AvgIpc) is 2.49. The number of benzene rings is 2. The Bertz CT molecular complexity index is 768. The molecule has 22 heavy (non-hydrogen) atoms. The van der Waals surface area contributed by atoms with Gasteiger partial charge in [-0.3, -0.25) is 4.79 Å². The van der Waals surface area contributed by atoms with Crippen LogP contribution in [0.4, 0.5) is 10.1 Å². The van der Waals surface area contributed by atoms with Crippen molar-refractivity contribution in [1.82, 2.24) is 0 Å². The molecular formula is C17H14ClFN2O. The van der Waals surface area contributed by atoms with E-state index in [-0.39, 0.29) is 5.78 Å². The van der Waals surface area contributed by atoms with Gasteiger partial charge in [0.25, 0.3) is 0 Å². The van der Waals surface area contributed by atoms with Crippen LogP contribution in [0.3, 0.4) is 0 Å². The molecule has 0 aliphatic carbocycles. The van der Waals surface area contributed by atoms with Crippen molar-refractivity contribution >= 4 is 23.1 Å². The van der Waals surface area contributed by atoms with Crippen molar-refractivity contribution in [3.05, 3.63) is 63.9 Å². The third-order valence-electron chi connectivity index (χ3n) is 3.34. The Morgan fingerprint density at radius 2 is 2.05 bits per heavy atom. The van der Waals surface area contributed by atoms with Gasteiger partial charge in [-0.2, -0.15) is 5.26 Å². The van der Waals surface area contributed by atoms with Crippen LogP contribution in [0.15, 0.2) is 36.4 Å². The first kappa shape index (κ1) is 16.0. The molecule has 2 rings (SSSR count). The minimum absolute atomic E-state index is 0.0865. The van der Waals surface area contributed by atoms with Crippen LogP contribution in [-0.2, 0) is 6.54 Å². The van der Waals surface area contributed by atoms with E-state index >= 15 is 0 Å². The van der Waals surface area contributed by atoms with Crippen molar-refractivity contribution in [1.29, 1.82) is 5.26 Å². The van der Waals surface area contributed by atoms with Gasteiger partial charge in [0.2, 0.25) is 0 Å². The molecule has 2 aromatic rings. The number of nitrogens with zero attached hydrogens (tertiary/aromatic N) is 2. The quantitative estimate of drug-likeness (QED) is 0.794. The minimum Gasteiger partial charge on any atom is -0.370 e. The fraction of sp³-hybridized carbons (Fsp3) is 0.176. The molecule has 0 saturated carbocycles. The van der Waals surface area contributed by atoms with Crippen LogP contribution in [0.1, 0.15) is 28.4 Å². The van der Waals surface area contributed by atoms with Crippen LogP contribution < -0.4 is 4.90 Å². The first-order valence-corrected chi connectivity index (χ1v) is 7.00. The molecule has 0 aromatic heterocycles. The number of ketones is 1. The SMILES string of the molecule is CC(=O)c1ccc(C#N)cc1N(C)Cc1ccc(F)cc1Cl. The third-order valence-corrected chi connectivity index (χ3v) is 3.69. The van der Waals surface area contributed by atoms with Crippen LogP contribution in [0.2, 0.25) is 5.02 Å². The summed E-state index contributed by atoms with van der Waals surface area (Å²) in [6, 6.07) is 11.2. The highest BCUT2D eigenvalue weighted by molar-refractivity contribution is 6.31. The highest BCUT2D eigenvalue weighted by Gasteiger charge is 2.14. The van der Waals surface area contributed by atoms with Crippen molar-refractivity contribution in [3.8, 4) is 6.07 Å². The van der Waals surface area contributed by atoms with Crippen molar-refractivity contribution < 1.29 is 9.18 Å². The summed E-state index contributed by atoms with van der Waals surface area (Å²) in [6.45, 7) is 1.87. The number of carbonyl (C=O) groups excluding carboxylic acids is 1. The van der Waals surface area contributed by atoms with Crippen molar-refractivity contribution in [2.45, 2.75) is 13.5 Å². The summed E-state index contributed by atoms with van der Waals surface area (Å²) in [6.07, 6.45) is 0. The number of anilines is 1. The highest BCUT2D eigenvalue weighted by Crippen LogP contribution is 2.26. The van der Waals surface area contributed by atoms with Crippen molar-refractivity contribution in [2.75, 3.05) is 11.9 Å². The standard InChI is InChI=1S/C17H14ClFN2O/c1-11(22)15-6-3-12(9-20)7-17(15)21(2)10-13-4-5-14(19)8-16(13)18/h3-8H,10H2,1-2H3. The molecule has 0 N–H and O–H groups in total. The average molecular weight is 317 g/mol. The van der Waals surface area contributed by atoms with E-state index in [9.17, 15) is 9.18 Å². The number of carbonyl (C=O) groups is 1. The van der Waals surface area contributed by atoms with E-state index < -0.39 is 5.82 Å². The summed E-state index contributed by atoms with van der Waals surface area (Å²) < 4.78 is 13.1.